The lowest BCUT2D eigenvalue weighted by atomic mass is 10.1. The van der Waals surface area contributed by atoms with Crippen molar-refractivity contribution in [1.82, 2.24) is 10.2 Å². The Balaban J connectivity index is 2.46. The number of aliphatic carboxylic acids is 1. The molecule has 0 spiro atoms. The Hall–Kier alpha value is -2.11. The monoisotopic (exact) mass is 296 g/mol. The summed E-state index contributed by atoms with van der Waals surface area (Å²) in [5.41, 5.74) is 0.922. The first-order valence-corrected chi connectivity index (χ1v) is 6.78. The first-order chi connectivity index (χ1) is 9.79. The maximum atomic E-state index is 12.8. The number of nitrogens with one attached hydrogen (secondary N) is 1. The van der Waals surface area contributed by atoms with Crippen LogP contribution in [0.3, 0.4) is 0 Å². The first kappa shape index (κ1) is 16.9. The Bertz CT molecular complexity index is 490. The maximum absolute atomic E-state index is 12.8. The Morgan fingerprint density at radius 2 is 1.86 bits per heavy atom. The largest absolute Gasteiger partial charge is 0.481 e. The van der Waals surface area contributed by atoms with Crippen molar-refractivity contribution in [3.05, 3.63) is 35.6 Å². The van der Waals surface area contributed by atoms with Gasteiger partial charge in [0.15, 0.2) is 0 Å². The molecule has 2 atom stereocenters. The van der Waals surface area contributed by atoms with Crippen LogP contribution in [0.4, 0.5) is 9.18 Å². The molecule has 0 aliphatic heterocycles. The minimum atomic E-state index is -0.936. The van der Waals surface area contributed by atoms with Gasteiger partial charge in [0.05, 0.1) is 5.92 Å². The van der Waals surface area contributed by atoms with Crippen molar-refractivity contribution in [2.45, 2.75) is 26.3 Å². The van der Waals surface area contributed by atoms with E-state index in [1.165, 1.54) is 17.0 Å². The van der Waals surface area contributed by atoms with Crippen LogP contribution in [0.15, 0.2) is 24.3 Å². The SMILES string of the molecule is CC(Cc1ccc(F)cc1)NC(=O)N(C)CC(C)C(=O)O. The molecule has 0 radical (unpaired) electrons. The zero-order valence-corrected chi connectivity index (χ0v) is 12.5. The van der Waals surface area contributed by atoms with Crippen LogP contribution < -0.4 is 5.32 Å². The molecule has 1 aromatic carbocycles. The number of carboxylic acids is 1. The number of halogens is 1. The van der Waals surface area contributed by atoms with E-state index >= 15 is 0 Å². The molecular formula is C15H21FN2O3. The number of carbonyl (C=O) groups excluding carboxylic acids is 1. The summed E-state index contributed by atoms with van der Waals surface area (Å²) in [6.07, 6.45) is 0.578. The molecule has 0 saturated heterocycles. The van der Waals surface area contributed by atoms with Gasteiger partial charge in [-0.2, -0.15) is 0 Å². The quantitative estimate of drug-likeness (QED) is 0.845. The molecule has 0 saturated carbocycles. The molecule has 5 nitrogen and oxygen atoms in total. The third-order valence-electron chi connectivity index (χ3n) is 3.14. The fraction of sp³-hybridized carbons (Fsp3) is 0.467. The van der Waals surface area contributed by atoms with Gasteiger partial charge in [-0.05, 0) is 31.0 Å². The fourth-order valence-corrected chi connectivity index (χ4v) is 1.92. The zero-order chi connectivity index (χ0) is 16.0. The van der Waals surface area contributed by atoms with Crippen molar-refractivity contribution in [2.24, 2.45) is 5.92 Å². The summed E-state index contributed by atoms with van der Waals surface area (Å²) in [6, 6.07) is 5.65. The predicted molar refractivity (Wildman–Crippen MR) is 77.5 cm³/mol. The van der Waals surface area contributed by atoms with Crippen LogP contribution in [0.25, 0.3) is 0 Å². The van der Waals surface area contributed by atoms with Crippen LogP contribution in [-0.2, 0) is 11.2 Å². The van der Waals surface area contributed by atoms with Gasteiger partial charge in [-0.25, -0.2) is 9.18 Å². The van der Waals surface area contributed by atoms with E-state index in [-0.39, 0.29) is 24.4 Å². The Morgan fingerprint density at radius 1 is 1.29 bits per heavy atom. The summed E-state index contributed by atoms with van der Waals surface area (Å²) in [7, 11) is 1.55. The highest BCUT2D eigenvalue weighted by atomic mass is 19.1. The summed E-state index contributed by atoms with van der Waals surface area (Å²) in [4.78, 5) is 24.0. The van der Waals surface area contributed by atoms with E-state index in [1.54, 1.807) is 26.1 Å². The van der Waals surface area contributed by atoms with E-state index in [2.05, 4.69) is 5.32 Å². The third kappa shape index (κ3) is 5.81. The Kier molecular flexibility index (Phi) is 6.14. The lowest BCUT2D eigenvalue weighted by Gasteiger charge is -2.23. The molecule has 2 amide bonds. The van der Waals surface area contributed by atoms with Crippen LogP contribution >= 0.6 is 0 Å². The van der Waals surface area contributed by atoms with E-state index < -0.39 is 11.9 Å². The lowest BCUT2D eigenvalue weighted by molar-refractivity contribution is -0.141. The molecule has 2 unspecified atom stereocenters. The molecule has 0 heterocycles. The maximum Gasteiger partial charge on any atom is 0.317 e. The van der Waals surface area contributed by atoms with Crippen LogP contribution in [0.5, 0.6) is 0 Å². The molecule has 0 aromatic heterocycles. The Labute approximate surface area is 123 Å². The predicted octanol–water partition coefficient (Wildman–Crippen LogP) is 2.12. The number of carboxylic acid groups (broad SMARTS) is 1. The molecular weight excluding hydrogens is 275 g/mol. The number of benzene rings is 1. The van der Waals surface area contributed by atoms with Gasteiger partial charge < -0.3 is 15.3 Å². The zero-order valence-electron chi connectivity index (χ0n) is 12.5. The molecule has 0 aliphatic rings. The smallest absolute Gasteiger partial charge is 0.317 e. The highest BCUT2D eigenvalue weighted by molar-refractivity contribution is 5.75. The summed E-state index contributed by atoms with van der Waals surface area (Å²) in [5, 5.41) is 11.6. The normalized spacial score (nSPS) is 13.3. The van der Waals surface area contributed by atoms with Gasteiger partial charge in [-0.3, -0.25) is 4.79 Å². The molecule has 1 aromatic rings. The summed E-state index contributed by atoms with van der Waals surface area (Å²) < 4.78 is 12.8. The number of nitrogens with zero attached hydrogens (tertiary/aromatic N) is 1. The van der Waals surface area contributed by atoms with Gasteiger partial charge in [0.1, 0.15) is 5.82 Å². The summed E-state index contributed by atoms with van der Waals surface area (Å²) in [5.74, 6) is -1.85. The van der Waals surface area contributed by atoms with Crippen molar-refractivity contribution in [3.8, 4) is 0 Å². The van der Waals surface area contributed by atoms with E-state index in [0.29, 0.717) is 6.42 Å². The standard InChI is InChI=1S/C15H21FN2O3/c1-10(14(19)20)9-18(3)15(21)17-11(2)8-12-4-6-13(16)7-5-12/h4-7,10-11H,8-9H2,1-3H3,(H,17,21)(H,19,20). The number of carbonyl (C=O) groups is 2. The highest BCUT2D eigenvalue weighted by Gasteiger charge is 2.18. The molecule has 0 fully saturated rings. The van der Waals surface area contributed by atoms with E-state index in [0.717, 1.165) is 5.56 Å². The number of amides is 2. The van der Waals surface area contributed by atoms with E-state index in [9.17, 15) is 14.0 Å². The Morgan fingerprint density at radius 3 is 2.38 bits per heavy atom. The van der Waals surface area contributed by atoms with Crippen molar-refractivity contribution in [2.75, 3.05) is 13.6 Å². The minimum Gasteiger partial charge on any atom is -0.481 e. The number of hydrogen-bond donors (Lipinski definition) is 2. The molecule has 0 aliphatic carbocycles. The van der Waals surface area contributed by atoms with Gasteiger partial charge in [-0.1, -0.05) is 19.1 Å². The second-order valence-corrected chi connectivity index (χ2v) is 5.30. The molecule has 21 heavy (non-hydrogen) atoms. The second kappa shape index (κ2) is 7.61. The fourth-order valence-electron chi connectivity index (χ4n) is 1.92. The third-order valence-corrected chi connectivity index (χ3v) is 3.14. The molecule has 2 N–H and O–H groups in total. The van der Waals surface area contributed by atoms with Crippen LogP contribution in [-0.4, -0.2) is 41.6 Å². The highest BCUT2D eigenvalue weighted by Crippen LogP contribution is 2.06. The van der Waals surface area contributed by atoms with Gasteiger partial charge in [0.2, 0.25) is 0 Å². The summed E-state index contributed by atoms with van der Waals surface area (Å²) in [6.45, 7) is 3.54. The second-order valence-electron chi connectivity index (χ2n) is 5.30. The molecule has 0 bridgehead atoms. The van der Waals surface area contributed by atoms with Gasteiger partial charge >= 0.3 is 12.0 Å². The van der Waals surface area contributed by atoms with Gasteiger partial charge in [0, 0.05) is 19.6 Å². The van der Waals surface area contributed by atoms with Gasteiger partial charge in [-0.15, -0.1) is 0 Å². The topological polar surface area (TPSA) is 69.6 Å². The molecule has 6 heteroatoms. The van der Waals surface area contributed by atoms with Crippen LogP contribution in [0, 0.1) is 11.7 Å². The lowest BCUT2D eigenvalue weighted by Crippen LogP contribution is -2.44. The average molecular weight is 296 g/mol. The van der Waals surface area contributed by atoms with Crippen molar-refractivity contribution >= 4 is 12.0 Å². The van der Waals surface area contributed by atoms with Crippen molar-refractivity contribution in [1.29, 1.82) is 0 Å². The average Bonchev–Trinajstić information content (AvgIpc) is 2.40. The number of hydrogen-bond acceptors (Lipinski definition) is 2. The summed E-state index contributed by atoms with van der Waals surface area (Å²) >= 11 is 0. The van der Waals surface area contributed by atoms with Crippen molar-refractivity contribution < 1.29 is 19.1 Å². The van der Waals surface area contributed by atoms with Crippen LogP contribution in [0.1, 0.15) is 19.4 Å². The van der Waals surface area contributed by atoms with Crippen molar-refractivity contribution in [3.63, 3.8) is 0 Å². The molecule has 116 valence electrons. The number of rotatable bonds is 6. The van der Waals surface area contributed by atoms with Crippen LogP contribution in [0.2, 0.25) is 0 Å². The van der Waals surface area contributed by atoms with Gasteiger partial charge in [0.25, 0.3) is 0 Å². The number of urea groups is 1. The van der Waals surface area contributed by atoms with E-state index in [1.807, 2.05) is 6.92 Å². The van der Waals surface area contributed by atoms with E-state index in [4.69, 9.17) is 5.11 Å². The first-order valence-electron chi connectivity index (χ1n) is 6.78. The molecule has 1 rings (SSSR count). The minimum absolute atomic E-state index is 0.134.